The van der Waals surface area contributed by atoms with Crippen LogP contribution in [0.15, 0.2) is 64.3 Å². The van der Waals surface area contributed by atoms with E-state index in [0.717, 1.165) is 25.0 Å². The molecule has 218 valence electrons. The molecule has 3 heterocycles. The van der Waals surface area contributed by atoms with Crippen LogP contribution in [0.5, 0.6) is 11.5 Å². The number of nitrogens with zero attached hydrogens (tertiary/aromatic N) is 2. The van der Waals surface area contributed by atoms with Crippen LogP contribution in [0.1, 0.15) is 48.2 Å². The van der Waals surface area contributed by atoms with Gasteiger partial charge < -0.3 is 24.3 Å². The van der Waals surface area contributed by atoms with Gasteiger partial charge in [0.15, 0.2) is 0 Å². The lowest BCUT2D eigenvalue weighted by Crippen LogP contribution is -2.47. The largest absolute Gasteiger partial charge is 0.497 e. The Bertz CT molecular complexity index is 1600. The molecule has 0 aliphatic carbocycles. The highest BCUT2D eigenvalue weighted by Crippen LogP contribution is 2.40. The van der Waals surface area contributed by atoms with E-state index in [-0.39, 0.29) is 33.9 Å². The minimum absolute atomic E-state index is 0.00442. The van der Waals surface area contributed by atoms with Gasteiger partial charge in [-0.15, -0.1) is 0 Å². The van der Waals surface area contributed by atoms with Gasteiger partial charge in [-0.3, -0.25) is 14.3 Å². The van der Waals surface area contributed by atoms with Gasteiger partial charge in [-0.05, 0) is 55.2 Å². The number of sulfonamides is 1. The fraction of sp³-hybridized carbons (Fsp3) is 0.400. The Balaban J connectivity index is 1.53. The van der Waals surface area contributed by atoms with Crippen LogP contribution < -0.4 is 30.0 Å². The molecule has 5 rings (SSSR count). The van der Waals surface area contributed by atoms with E-state index in [1.165, 1.54) is 26.4 Å². The normalized spacial score (nSPS) is 17.9. The summed E-state index contributed by atoms with van der Waals surface area (Å²) in [7, 11) is -1.28. The number of rotatable bonds is 10. The van der Waals surface area contributed by atoms with Crippen LogP contribution in [-0.4, -0.2) is 52.7 Å². The zero-order chi connectivity index (χ0) is 29.1. The highest BCUT2D eigenvalue weighted by Gasteiger charge is 2.36. The summed E-state index contributed by atoms with van der Waals surface area (Å²) >= 11 is 0. The van der Waals surface area contributed by atoms with Gasteiger partial charge in [-0.2, -0.15) is 0 Å². The molecule has 41 heavy (non-hydrogen) atoms. The maximum atomic E-state index is 13.8. The number of hydrogen-bond acceptors (Lipinski definition) is 7. The quantitative estimate of drug-likeness (QED) is 0.350. The minimum atomic E-state index is -4.14. The van der Waals surface area contributed by atoms with Crippen LogP contribution in [0.4, 0.5) is 11.4 Å². The van der Waals surface area contributed by atoms with Crippen LogP contribution >= 0.6 is 0 Å². The van der Waals surface area contributed by atoms with Crippen LogP contribution in [0, 0.1) is 5.92 Å². The molecule has 2 atom stereocenters. The van der Waals surface area contributed by atoms with Gasteiger partial charge in [0.25, 0.3) is 21.5 Å². The van der Waals surface area contributed by atoms with E-state index < -0.39 is 10.0 Å². The topological polar surface area (TPSA) is 119 Å². The molecule has 2 bridgehead atoms. The van der Waals surface area contributed by atoms with Crippen LogP contribution in [0.25, 0.3) is 0 Å². The Labute approximate surface area is 240 Å². The van der Waals surface area contributed by atoms with E-state index in [4.69, 9.17) is 9.47 Å². The summed E-state index contributed by atoms with van der Waals surface area (Å²) in [5, 5.41) is 2.90. The number of amides is 1. The van der Waals surface area contributed by atoms with Gasteiger partial charge in [0.2, 0.25) is 0 Å². The highest BCUT2D eigenvalue weighted by molar-refractivity contribution is 7.92. The summed E-state index contributed by atoms with van der Waals surface area (Å²) in [6.45, 7) is 4.45. The molecule has 1 aromatic heterocycles. The molecule has 2 aliphatic rings. The zero-order valence-electron chi connectivity index (χ0n) is 23.6. The van der Waals surface area contributed by atoms with Crippen molar-refractivity contribution in [3.05, 3.63) is 76.2 Å². The lowest BCUT2D eigenvalue weighted by molar-refractivity contribution is 0.0953. The second-order valence-electron chi connectivity index (χ2n) is 10.6. The second kappa shape index (κ2) is 11.9. The van der Waals surface area contributed by atoms with Gasteiger partial charge in [0, 0.05) is 55.5 Å². The number of carbonyl (C=O) groups is 1. The van der Waals surface area contributed by atoms with Gasteiger partial charge in [-0.1, -0.05) is 19.4 Å². The van der Waals surface area contributed by atoms with Crippen molar-refractivity contribution >= 4 is 27.3 Å². The summed E-state index contributed by atoms with van der Waals surface area (Å²) < 4.78 is 42.8. The van der Waals surface area contributed by atoms with Crippen LogP contribution in [0.3, 0.4) is 0 Å². The second-order valence-corrected chi connectivity index (χ2v) is 12.2. The number of hydrogen-bond donors (Lipinski definition) is 2. The molecule has 3 aromatic rings. The lowest BCUT2D eigenvalue weighted by atomic mass is 9.83. The smallest absolute Gasteiger partial charge is 0.265 e. The summed E-state index contributed by atoms with van der Waals surface area (Å²) in [5.74, 6) is 0.613. The van der Waals surface area contributed by atoms with Crippen molar-refractivity contribution in [2.45, 2.75) is 43.5 Å². The molecule has 11 heteroatoms. The Morgan fingerprint density at radius 3 is 2.61 bits per heavy atom. The SMILES string of the molecule is CCCCNC(=O)c1ccc(N2C[C@H]3C[C@@H](C2)c2cccc(=O)n2C3)c(NS(=O)(=O)c2cc(OC)ccc2OC)c1. The van der Waals surface area contributed by atoms with Crippen molar-refractivity contribution in [2.24, 2.45) is 5.92 Å². The first-order valence-electron chi connectivity index (χ1n) is 13.9. The number of fused-ring (bicyclic) bond motifs is 4. The van der Waals surface area contributed by atoms with Gasteiger partial charge in [-0.25, -0.2) is 8.42 Å². The van der Waals surface area contributed by atoms with E-state index >= 15 is 0 Å². The first-order chi connectivity index (χ1) is 19.7. The monoisotopic (exact) mass is 580 g/mol. The maximum Gasteiger partial charge on any atom is 0.265 e. The molecule has 1 saturated heterocycles. The van der Waals surface area contributed by atoms with Crippen molar-refractivity contribution < 1.29 is 22.7 Å². The molecule has 2 aromatic carbocycles. The maximum absolute atomic E-state index is 13.8. The van der Waals surface area contributed by atoms with E-state index in [9.17, 15) is 18.0 Å². The fourth-order valence-corrected chi connectivity index (χ4v) is 7.05. The Morgan fingerprint density at radius 1 is 1.02 bits per heavy atom. The number of carbonyl (C=O) groups excluding carboxylic acids is 1. The summed E-state index contributed by atoms with van der Waals surface area (Å²) in [5.41, 5.74) is 2.32. The van der Waals surface area contributed by atoms with Crippen molar-refractivity contribution in [1.29, 1.82) is 0 Å². The van der Waals surface area contributed by atoms with E-state index in [1.54, 1.807) is 36.4 Å². The molecule has 0 radical (unpaired) electrons. The molecule has 0 spiro atoms. The van der Waals surface area contributed by atoms with E-state index in [1.807, 2.05) is 17.6 Å². The predicted molar refractivity (Wildman–Crippen MR) is 158 cm³/mol. The molecule has 1 fully saturated rings. The molecule has 2 N–H and O–H groups in total. The summed E-state index contributed by atoms with van der Waals surface area (Å²) in [6, 6.07) is 15.1. The molecule has 1 amide bonds. The van der Waals surface area contributed by atoms with Gasteiger partial charge >= 0.3 is 0 Å². The predicted octanol–water partition coefficient (Wildman–Crippen LogP) is 3.82. The standard InChI is InChI=1S/C30H36N4O6S/c1-4-5-13-31-30(36)21-9-11-26(33-17-20-14-22(19-33)25-7-6-8-29(35)34(25)18-20)24(15-21)32-41(37,38)28-16-23(39-2)10-12-27(28)40-3/h6-12,15-16,20,22,32H,4-5,13-14,17-19H2,1-3H3,(H,31,36)/t20-,22+/m1/s1. The Kier molecular flexibility index (Phi) is 8.25. The highest BCUT2D eigenvalue weighted by atomic mass is 32.2. The van der Waals surface area contributed by atoms with Gasteiger partial charge in [0.1, 0.15) is 16.4 Å². The third-order valence-electron chi connectivity index (χ3n) is 7.80. The first-order valence-corrected chi connectivity index (χ1v) is 15.3. The third kappa shape index (κ3) is 5.90. The number of anilines is 2. The third-order valence-corrected chi connectivity index (χ3v) is 9.19. The number of ether oxygens (including phenoxy) is 2. The average Bonchev–Trinajstić information content (AvgIpc) is 2.97. The zero-order valence-corrected chi connectivity index (χ0v) is 24.4. The molecular formula is C30H36N4O6S. The van der Waals surface area contributed by atoms with Crippen LogP contribution in [-0.2, 0) is 16.6 Å². The lowest BCUT2D eigenvalue weighted by Gasteiger charge is -2.44. The van der Waals surface area contributed by atoms with E-state index in [0.29, 0.717) is 48.9 Å². The van der Waals surface area contributed by atoms with Crippen molar-refractivity contribution in [3.63, 3.8) is 0 Å². The summed E-state index contributed by atoms with van der Waals surface area (Å²) in [4.78, 5) is 27.5. The molecule has 10 nitrogen and oxygen atoms in total. The number of benzene rings is 2. The number of unbranched alkanes of at least 4 members (excludes halogenated alkanes) is 1. The number of methoxy groups -OCH3 is 2. The van der Waals surface area contributed by atoms with E-state index in [2.05, 4.69) is 14.9 Å². The van der Waals surface area contributed by atoms with Crippen molar-refractivity contribution in [2.75, 3.05) is 43.5 Å². The number of nitrogens with one attached hydrogen (secondary N) is 2. The van der Waals surface area contributed by atoms with Crippen molar-refractivity contribution in [3.8, 4) is 11.5 Å². The average molecular weight is 581 g/mol. The molecular weight excluding hydrogens is 544 g/mol. The fourth-order valence-electron chi connectivity index (χ4n) is 5.80. The Morgan fingerprint density at radius 2 is 1.85 bits per heavy atom. The van der Waals surface area contributed by atoms with Crippen molar-refractivity contribution in [1.82, 2.24) is 9.88 Å². The molecule has 0 unspecified atom stereocenters. The Hall–Kier alpha value is -3.99. The van der Waals surface area contributed by atoms with Gasteiger partial charge in [0.05, 0.1) is 25.6 Å². The summed E-state index contributed by atoms with van der Waals surface area (Å²) in [6.07, 6.45) is 2.75. The number of piperidine rings is 1. The van der Waals surface area contributed by atoms with Crippen LogP contribution in [0.2, 0.25) is 0 Å². The number of pyridine rings is 1. The molecule has 0 saturated carbocycles. The molecule has 2 aliphatic heterocycles. The number of aromatic nitrogens is 1. The first kappa shape index (κ1) is 28.5. The minimum Gasteiger partial charge on any atom is -0.497 e.